The molecule has 1 N–H and O–H groups in total. The molecule has 1 aromatic heterocycles. The van der Waals surface area contributed by atoms with Gasteiger partial charge in [-0.3, -0.25) is 0 Å². The molecule has 1 aliphatic heterocycles. The SMILES string of the molecule is CC(C)CNCc1cccn1CC1CN(C)CCO1. The lowest BCUT2D eigenvalue weighted by Crippen LogP contribution is -2.42. The molecule has 0 radical (unpaired) electrons. The highest BCUT2D eigenvalue weighted by Gasteiger charge is 2.18. The average Bonchev–Trinajstić information content (AvgIpc) is 2.76. The smallest absolute Gasteiger partial charge is 0.0880 e. The van der Waals surface area contributed by atoms with E-state index in [2.05, 4.69) is 54.0 Å². The first-order valence-electron chi connectivity index (χ1n) is 7.30. The first-order chi connectivity index (χ1) is 9.15. The van der Waals surface area contributed by atoms with Crippen LogP contribution < -0.4 is 5.32 Å². The van der Waals surface area contributed by atoms with Gasteiger partial charge in [-0.2, -0.15) is 0 Å². The van der Waals surface area contributed by atoms with Crippen molar-refractivity contribution in [3.05, 3.63) is 24.0 Å². The number of nitrogens with zero attached hydrogens (tertiary/aromatic N) is 2. The summed E-state index contributed by atoms with van der Waals surface area (Å²) >= 11 is 0. The van der Waals surface area contributed by atoms with Crippen LogP contribution in [0.3, 0.4) is 0 Å². The predicted octanol–water partition coefficient (Wildman–Crippen LogP) is 1.56. The summed E-state index contributed by atoms with van der Waals surface area (Å²) in [5, 5.41) is 3.50. The molecule has 19 heavy (non-hydrogen) atoms. The Morgan fingerprint density at radius 2 is 2.32 bits per heavy atom. The van der Waals surface area contributed by atoms with Crippen molar-refractivity contribution in [3.63, 3.8) is 0 Å². The Bertz CT molecular complexity index is 375. The fraction of sp³-hybridized carbons (Fsp3) is 0.733. The lowest BCUT2D eigenvalue weighted by molar-refractivity contribution is -0.0277. The summed E-state index contributed by atoms with van der Waals surface area (Å²) in [6, 6.07) is 4.32. The normalized spacial score (nSPS) is 21.2. The first kappa shape index (κ1) is 14.6. The number of likely N-dealkylation sites (N-methyl/N-ethyl adjacent to an activating group) is 1. The van der Waals surface area contributed by atoms with Crippen LogP contribution in [0.25, 0.3) is 0 Å². The zero-order valence-corrected chi connectivity index (χ0v) is 12.4. The van der Waals surface area contributed by atoms with Crippen molar-refractivity contribution < 1.29 is 4.74 Å². The third-order valence-corrected chi connectivity index (χ3v) is 3.52. The Morgan fingerprint density at radius 3 is 3.05 bits per heavy atom. The van der Waals surface area contributed by atoms with E-state index >= 15 is 0 Å². The van der Waals surface area contributed by atoms with Crippen molar-refractivity contribution in [2.75, 3.05) is 33.3 Å². The Hall–Kier alpha value is -0.840. The van der Waals surface area contributed by atoms with Gasteiger partial charge in [-0.15, -0.1) is 0 Å². The monoisotopic (exact) mass is 265 g/mol. The molecule has 0 bridgehead atoms. The Balaban J connectivity index is 1.84. The molecule has 0 saturated carbocycles. The molecule has 0 amide bonds. The van der Waals surface area contributed by atoms with E-state index in [9.17, 15) is 0 Å². The molecule has 2 heterocycles. The number of hydrogen-bond acceptors (Lipinski definition) is 3. The van der Waals surface area contributed by atoms with Crippen molar-refractivity contribution in [1.29, 1.82) is 0 Å². The molecule has 2 rings (SSSR count). The highest BCUT2D eigenvalue weighted by molar-refractivity contribution is 5.07. The van der Waals surface area contributed by atoms with Crippen LogP contribution in [0.1, 0.15) is 19.5 Å². The minimum atomic E-state index is 0.315. The van der Waals surface area contributed by atoms with E-state index in [1.807, 2.05) is 0 Å². The maximum atomic E-state index is 5.84. The van der Waals surface area contributed by atoms with Gasteiger partial charge < -0.3 is 19.5 Å². The number of nitrogens with one attached hydrogen (secondary N) is 1. The minimum Gasteiger partial charge on any atom is -0.374 e. The zero-order valence-electron chi connectivity index (χ0n) is 12.4. The summed E-state index contributed by atoms with van der Waals surface area (Å²) in [7, 11) is 2.16. The Morgan fingerprint density at radius 1 is 1.47 bits per heavy atom. The summed E-state index contributed by atoms with van der Waals surface area (Å²) in [5.41, 5.74) is 1.34. The lowest BCUT2D eigenvalue weighted by atomic mass is 10.2. The lowest BCUT2D eigenvalue weighted by Gasteiger charge is -2.30. The number of ether oxygens (including phenoxy) is 1. The van der Waals surface area contributed by atoms with Gasteiger partial charge in [0, 0.05) is 38.1 Å². The summed E-state index contributed by atoms with van der Waals surface area (Å²) < 4.78 is 8.15. The molecule has 0 aromatic carbocycles. The molecular formula is C15H27N3O. The van der Waals surface area contributed by atoms with Gasteiger partial charge in [0.2, 0.25) is 0 Å². The van der Waals surface area contributed by atoms with E-state index in [1.54, 1.807) is 0 Å². The van der Waals surface area contributed by atoms with Crippen molar-refractivity contribution in [1.82, 2.24) is 14.8 Å². The van der Waals surface area contributed by atoms with Crippen LogP contribution in [0.4, 0.5) is 0 Å². The van der Waals surface area contributed by atoms with E-state index in [0.717, 1.165) is 39.3 Å². The minimum absolute atomic E-state index is 0.315. The second kappa shape index (κ2) is 7.08. The topological polar surface area (TPSA) is 29.4 Å². The van der Waals surface area contributed by atoms with Gasteiger partial charge in [-0.05, 0) is 31.6 Å². The summed E-state index contributed by atoms with van der Waals surface area (Å²) in [5.74, 6) is 0.693. The van der Waals surface area contributed by atoms with Crippen LogP contribution in [0.2, 0.25) is 0 Å². The summed E-state index contributed by atoms with van der Waals surface area (Å²) in [4.78, 5) is 2.34. The second-order valence-electron chi connectivity index (χ2n) is 5.93. The number of aromatic nitrogens is 1. The molecule has 1 unspecified atom stereocenters. The molecule has 1 atom stereocenters. The molecule has 0 aliphatic carbocycles. The van der Waals surface area contributed by atoms with Gasteiger partial charge in [-0.1, -0.05) is 13.8 Å². The van der Waals surface area contributed by atoms with Crippen molar-refractivity contribution in [2.24, 2.45) is 5.92 Å². The highest BCUT2D eigenvalue weighted by atomic mass is 16.5. The van der Waals surface area contributed by atoms with Crippen LogP contribution in [0, 0.1) is 5.92 Å². The molecule has 108 valence electrons. The molecular weight excluding hydrogens is 238 g/mol. The maximum absolute atomic E-state index is 5.84. The molecule has 4 heteroatoms. The number of morpholine rings is 1. The van der Waals surface area contributed by atoms with Gasteiger partial charge in [0.05, 0.1) is 12.7 Å². The van der Waals surface area contributed by atoms with Crippen LogP contribution >= 0.6 is 0 Å². The zero-order chi connectivity index (χ0) is 13.7. The van der Waals surface area contributed by atoms with Crippen LogP contribution in [0.15, 0.2) is 18.3 Å². The third kappa shape index (κ3) is 4.64. The fourth-order valence-electron chi connectivity index (χ4n) is 2.47. The largest absolute Gasteiger partial charge is 0.374 e. The van der Waals surface area contributed by atoms with Crippen LogP contribution in [0.5, 0.6) is 0 Å². The first-order valence-corrected chi connectivity index (χ1v) is 7.30. The predicted molar refractivity (Wildman–Crippen MR) is 78.2 cm³/mol. The molecule has 1 fully saturated rings. The quantitative estimate of drug-likeness (QED) is 0.846. The van der Waals surface area contributed by atoms with E-state index < -0.39 is 0 Å². The third-order valence-electron chi connectivity index (χ3n) is 3.52. The average molecular weight is 265 g/mol. The van der Waals surface area contributed by atoms with Crippen molar-refractivity contribution in [3.8, 4) is 0 Å². The van der Waals surface area contributed by atoms with Gasteiger partial charge in [0.25, 0.3) is 0 Å². The van der Waals surface area contributed by atoms with Gasteiger partial charge in [0.1, 0.15) is 0 Å². The Kier molecular flexibility index (Phi) is 5.43. The summed E-state index contributed by atoms with van der Waals surface area (Å²) in [6.45, 7) is 10.3. The van der Waals surface area contributed by atoms with E-state index in [4.69, 9.17) is 4.74 Å². The van der Waals surface area contributed by atoms with Crippen LogP contribution in [-0.2, 0) is 17.8 Å². The number of hydrogen-bond donors (Lipinski definition) is 1. The van der Waals surface area contributed by atoms with Gasteiger partial charge >= 0.3 is 0 Å². The van der Waals surface area contributed by atoms with E-state index in [1.165, 1.54) is 5.69 Å². The molecule has 1 saturated heterocycles. The molecule has 1 aliphatic rings. The van der Waals surface area contributed by atoms with Gasteiger partial charge in [0.15, 0.2) is 0 Å². The van der Waals surface area contributed by atoms with E-state index in [0.29, 0.717) is 12.0 Å². The van der Waals surface area contributed by atoms with E-state index in [-0.39, 0.29) is 0 Å². The van der Waals surface area contributed by atoms with Crippen molar-refractivity contribution in [2.45, 2.75) is 33.0 Å². The van der Waals surface area contributed by atoms with Crippen molar-refractivity contribution >= 4 is 0 Å². The molecule has 0 spiro atoms. The molecule has 1 aromatic rings. The highest BCUT2D eigenvalue weighted by Crippen LogP contribution is 2.09. The van der Waals surface area contributed by atoms with Crippen LogP contribution in [-0.4, -0.2) is 48.9 Å². The molecule has 4 nitrogen and oxygen atoms in total. The summed E-state index contributed by atoms with van der Waals surface area (Å²) in [6.07, 6.45) is 2.47. The maximum Gasteiger partial charge on any atom is 0.0880 e. The second-order valence-corrected chi connectivity index (χ2v) is 5.93. The fourth-order valence-corrected chi connectivity index (χ4v) is 2.47. The number of rotatable bonds is 6. The standard InChI is InChI=1S/C15H27N3O/c1-13(2)9-16-10-14-5-4-6-18(14)12-15-11-17(3)7-8-19-15/h4-6,13,15-16H,7-12H2,1-3H3. The van der Waals surface area contributed by atoms with Gasteiger partial charge in [-0.25, -0.2) is 0 Å². The Labute approximate surface area is 116 Å².